The van der Waals surface area contributed by atoms with Crippen molar-refractivity contribution in [2.24, 2.45) is 5.92 Å². The summed E-state index contributed by atoms with van der Waals surface area (Å²) in [5, 5.41) is 3.72. The summed E-state index contributed by atoms with van der Waals surface area (Å²) in [5.41, 5.74) is 0.117. The van der Waals surface area contributed by atoms with Gasteiger partial charge in [-0.3, -0.25) is 0 Å². The smallest absolute Gasteiger partial charge is 0.0707 e. The molecule has 1 unspecified atom stereocenters. The van der Waals surface area contributed by atoms with Crippen LogP contribution < -0.4 is 5.32 Å². The fourth-order valence-electron chi connectivity index (χ4n) is 3.29. The molecule has 0 bridgehead atoms. The lowest BCUT2D eigenvalue weighted by atomic mass is 9.84. The standard InChI is InChI=1S/C15H29NO/c1-4-12-5-7-13(8-6-12)16-11-14-9-10-15(2,3)17-14/h12-14,16H,4-11H2,1-3H3. The first-order chi connectivity index (χ1) is 8.09. The molecule has 1 heterocycles. The van der Waals surface area contributed by atoms with Crippen molar-refractivity contribution in [2.75, 3.05) is 6.54 Å². The molecular weight excluding hydrogens is 210 g/mol. The monoisotopic (exact) mass is 239 g/mol. The molecule has 1 aliphatic heterocycles. The fourth-order valence-corrected chi connectivity index (χ4v) is 3.29. The molecule has 0 radical (unpaired) electrons. The molecule has 1 N–H and O–H groups in total. The van der Waals surface area contributed by atoms with E-state index in [1.807, 2.05) is 0 Å². The van der Waals surface area contributed by atoms with E-state index >= 15 is 0 Å². The van der Waals surface area contributed by atoms with Gasteiger partial charge in [-0.15, -0.1) is 0 Å². The Balaban J connectivity index is 1.63. The summed E-state index contributed by atoms with van der Waals surface area (Å²) >= 11 is 0. The normalized spacial score (nSPS) is 37.2. The van der Waals surface area contributed by atoms with E-state index in [9.17, 15) is 0 Å². The lowest BCUT2D eigenvalue weighted by Gasteiger charge is -2.29. The second-order valence-electron chi connectivity index (χ2n) is 6.57. The van der Waals surface area contributed by atoms with Crippen molar-refractivity contribution >= 4 is 0 Å². The summed E-state index contributed by atoms with van der Waals surface area (Å²) in [4.78, 5) is 0. The predicted molar refractivity (Wildman–Crippen MR) is 72.2 cm³/mol. The molecule has 0 aromatic heterocycles. The number of ether oxygens (including phenoxy) is 1. The Hall–Kier alpha value is -0.0800. The summed E-state index contributed by atoms with van der Waals surface area (Å²) < 4.78 is 6.02. The molecular formula is C15H29NO. The molecule has 2 nitrogen and oxygen atoms in total. The van der Waals surface area contributed by atoms with Gasteiger partial charge in [0.1, 0.15) is 0 Å². The molecule has 0 aromatic rings. The van der Waals surface area contributed by atoms with Crippen molar-refractivity contribution < 1.29 is 4.74 Å². The van der Waals surface area contributed by atoms with E-state index in [1.165, 1.54) is 44.9 Å². The molecule has 2 rings (SSSR count). The lowest BCUT2D eigenvalue weighted by Crippen LogP contribution is -2.38. The maximum atomic E-state index is 6.02. The fraction of sp³-hybridized carbons (Fsp3) is 1.00. The maximum absolute atomic E-state index is 6.02. The van der Waals surface area contributed by atoms with Crippen LogP contribution in [-0.4, -0.2) is 24.3 Å². The number of hydrogen-bond donors (Lipinski definition) is 1. The number of hydrogen-bond acceptors (Lipinski definition) is 2. The zero-order valence-corrected chi connectivity index (χ0v) is 11.8. The van der Waals surface area contributed by atoms with Crippen LogP contribution in [0.15, 0.2) is 0 Å². The van der Waals surface area contributed by atoms with Crippen molar-refractivity contribution in [1.29, 1.82) is 0 Å². The topological polar surface area (TPSA) is 21.3 Å². The summed E-state index contributed by atoms with van der Waals surface area (Å²) in [6, 6.07) is 0.755. The molecule has 1 aliphatic carbocycles. The average molecular weight is 239 g/mol. The molecule has 0 spiro atoms. The molecule has 1 atom stereocenters. The molecule has 2 heteroatoms. The molecule has 0 aromatic carbocycles. The summed E-state index contributed by atoms with van der Waals surface area (Å²) in [6.45, 7) is 7.80. The van der Waals surface area contributed by atoms with Crippen LogP contribution in [-0.2, 0) is 4.74 Å². The van der Waals surface area contributed by atoms with Crippen molar-refractivity contribution in [1.82, 2.24) is 5.32 Å². The highest BCUT2D eigenvalue weighted by atomic mass is 16.5. The highest BCUT2D eigenvalue weighted by Crippen LogP contribution is 2.30. The highest BCUT2D eigenvalue weighted by Gasteiger charge is 2.31. The second kappa shape index (κ2) is 5.71. The highest BCUT2D eigenvalue weighted by molar-refractivity contribution is 4.84. The van der Waals surface area contributed by atoms with Gasteiger partial charge in [-0.25, -0.2) is 0 Å². The van der Waals surface area contributed by atoms with E-state index in [1.54, 1.807) is 0 Å². The van der Waals surface area contributed by atoms with Gasteiger partial charge in [0.25, 0.3) is 0 Å². The Kier molecular flexibility index (Phi) is 4.48. The van der Waals surface area contributed by atoms with E-state index in [0.717, 1.165) is 18.5 Å². The van der Waals surface area contributed by atoms with Gasteiger partial charge in [-0.05, 0) is 58.3 Å². The molecule has 1 saturated heterocycles. The van der Waals surface area contributed by atoms with Crippen LogP contribution in [0.1, 0.15) is 65.7 Å². The van der Waals surface area contributed by atoms with Gasteiger partial charge >= 0.3 is 0 Å². The van der Waals surface area contributed by atoms with Gasteiger partial charge < -0.3 is 10.1 Å². The van der Waals surface area contributed by atoms with Gasteiger partial charge in [0.15, 0.2) is 0 Å². The Labute approximate surface area is 107 Å². The molecule has 1 saturated carbocycles. The zero-order chi connectivity index (χ0) is 12.3. The summed E-state index contributed by atoms with van der Waals surface area (Å²) in [7, 11) is 0. The van der Waals surface area contributed by atoms with Crippen LogP contribution >= 0.6 is 0 Å². The third-order valence-corrected chi connectivity index (χ3v) is 4.61. The largest absolute Gasteiger partial charge is 0.371 e. The second-order valence-corrected chi connectivity index (χ2v) is 6.57. The number of nitrogens with one attached hydrogen (secondary N) is 1. The van der Waals surface area contributed by atoms with Gasteiger partial charge in [0.2, 0.25) is 0 Å². The van der Waals surface area contributed by atoms with E-state index in [2.05, 4.69) is 26.1 Å². The molecule has 2 aliphatic rings. The summed E-state index contributed by atoms with van der Waals surface area (Å²) in [6.07, 6.45) is 9.84. The average Bonchev–Trinajstić information content (AvgIpc) is 2.67. The lowest BCUT2D eigenvalue weighted by molar-refractivity contribution is -0.0157. The van der Waals surface area contributed by atoms with E-state index in [-0.39, 0.29) is 5.60 Å². The first-order valence-electron chi connectivity index (χ1n) is 7.50. The Bertz CT molecular complexity index is 231. The molecule has 17 heavy (non-hydrogen) atoms. The third kappa shape index (κ3) is 3.96. The van der Waals surface area contributed by atoms with Crippen molar-refractivity contribution in [2.45, 2.75) is 83.5 Å². The van der Waals surface area contributed by atoms with E-state index in [0.29, 0.717) is 6.10 Å². The predicted octanol–water partition coefficient (Wildman–Crippen LogP) is 3.50. The minimum atomic E-state index is 0.117. The quantitative estimate of drug-likeness (QED) is 0.810. The van der Waals surface area contributed by atoms with Crippen LogP contribution in [0.25, 0.3) is 0 Å². The summed E-state index contributed by atoms with van der Waals surface area (Å²) in [5.74, 6) is 0.995. The van der Waals surface area contributed by atoms with Gasteiger partial charge in [0.05, 0.1) is 11.7 Å². The van der Waals surface area contributed by atoms with Gasteiger partial charge in [-0.1, -0.05) is 13.3 Å². The minimum Gasteiger partial charge on any atom is -0.371 e. The maximum Gasteiger partial charge on any atom is 0.0707 e. The van der Waals surface area contributed by atoms with Crippen LogP contribution in [0.2, 0.25) is 0 Å². The molecule has 2 fully saturated rings. The molecule has 0 amide bonds. The molecule has 100 valence electrons. The van der Waals surface area contributed by atoms with Gasteiger partial charge in [0, 0.05) is 12.6 Å². The van der Waals surface area contributed by atoms with Gasteiger partial charge in [-0.2, -0.15) is 0 Å². The zero-order valence-electron chi connectivity index (χ0n) is 11.8. The SMILES string of the molecule is CCC1CCC(NCC2CCC(C)(C)O2)CC1. The van der Waals surface area contributed by atoms with Crippen LogP contribution in [0.5, 0.6) is 0 Å². The Morgan fingerprint density at radius 2 is 1.82 bits per heavy atom. The third-order valence-electron chi connectivity index (χ3n) is 4.61. The van der Waals surface area contributed by atoms with Crippen molar-refractivity contribution in [3.8, 4) is 0 Å². The van der Waals surface area contributed by atoms with E-state index in [4.69, 9.17) is 4.74 Å². The number of rotatable bonds is 4. The van der Waals surface area contributed by atoms with Crippen LogP contribution in [0.4, 0.5) is 0 Å². The first-order valence-corrected chi connectivity index (χ1v) is 7.50. The Morgan fingerprint density at radius 1 is 1.12 bits per heavy atom. The van der Waals surface area contributed by atoms with Crippen molar-refractivity contribution in [3.63, 3.8) is 0 Å². The Morgan fingerprint density at radius 3 is 2.35 bits per heavy atom. The first kappa shape index (κ1) is 13.4. The minimum absolute atomic E-state index is 0.117. The van der Waals surface area contributed by atoms with Crippen molar-refractivity contribution in [3.05, 3.63) is 0 Å². The van der Waals surface area contributed by atoms with Crippen LogP contribution in [0, 0.1) is 5.92 Å². The van der Waals surface area contributed by atoms with Crippen LogP contribution in [0.3, 0.4) is 0 Å². The van der Waals surface area contributed by atoms with E-state index < -0.39 is 0 Å².